The van der Waals surface area contributed by atoms with Gasteiger partial charge >= 0.3 is 0 Å². The average Bonchev–Trinajstić information content (AvgIpc) is 3.03. The molecule has 0 spiro atoms. The summed E-state index contributed by atoms with van der Waals surface area (Å²) in [6.45, 7) is 11.0. The molecule has 0 unspecified atom stereocenters. The van der Waals surface area contributed by atoms with Gasteiger partial charge in [-0.15, -0.1) is 5.10 Å². The lowest BCUT2D eigenvalue weighted by atomic mass is 9.84. The van der Waals surface area contributed by atoms with Crippen molar-refractivity contribution in [3.8, 4) is 0 Å². The number of aryl methyl sites for hydroxylation is 1. The lowest BCUT2D eigenvalue weighted by Gasteiger charge is -2.31. The predicted molar refractivity (Wildman–Crippen MR) is 107 cm³/mol. The van der Waals surface area contributed by atoms with Crippen LogP contribution in [-0.2, 0) is 5.41 Å². The van der Waals surface area contributed by atoms with E-state index in [9.17, 15) is 4.79 Å². The summed E-state index contributed by atoms with van der Waals surface area (Å²) in [6, 6.07) is 8.86. The summed E-state index contributed by atoms with van der Waals surface area (Å²) in [5, 5.41) is 11.9. The monoisotopic (exact) mass is 369 g/mol. The highest BCUT2D eigenvalue weighted by Gasteiger charge is 2.29. The zero-order valence-electron chi connectivity index (χ0n) is 17.1. The first-order valence-corrected chi connectivity index (χ1v) is 9.75. The van der Waals surface area contributed by atoms with Crippen molar-refractivity contribution < 1.29 is 4.79 Å². The molecule has 1 saturated heterocycles. The molecular formula is C21H31N5O. The Morgan fingerprint density at radius 1 is 1.22 bits per heavy atom. The van der Waals surface area contributed by atoms with Crippen LogP contribution in [-0.4, -0.2) is 52.5 Å². The fourth-order valence-electron chi connectivity index (χ4n) is 3.88. The molecule has 1 aromatic heterocycles. The number of nitrogens with one attached hydrogen (secondary N) is 1. The number of amides is 1. The number of hydrogen-bond acceptors (Lipinski definition) is 4. The fraction of sp³-hybridized carbons (Fsp3) is 0.571. The number of likely N-dealkylation sites (N-methyl/N-ethyl adjacent to an activating group) is 1. The predicted octanol–water partition coefficient (Wildman–Crippen LogP) is 2.87. The van der Waals surface area contributed by atoms with Crippen molar-refractivity contribution >= 4 is 5.91 Å². The topological polar surface area (TPSA) is 63.1 Å². The molecule has 1 aliphatic rings. The Kier molecular flexibility index (Phi) is 5.65. The van der Waals surface area contributed by atoms with Crippen molar-refractivity contribution in [3.05, 3.63) is 46.8 Å². The standard InChI is InChI=1S/C21H31N5O/c1-15-6-8-17(9-7-15)21(3,4)14-25(5)20(27)19-16(2)26(24-23-19)18-10-12-22-13-11-18/h6-9,18,22H,10-14H2,1-5H3. The summed E-state index contributed by atoms with van der Waals surface area (Å²) in [5.74, 6) is -0.0622. The molecule has 1 N–H and O–H groups in total. The van der Waals surface area contributed by atoms with Gasteiger partial charge in [-0.25, -0.2) is 4.68 Å². The van der Waals surface area contributed by atoms with Gasteiger partial charge in [0.1, 0.15) is 0 Å². The van der Waals surface area contributed by atoms with E-state index in [1.807, 2.05) is 18.7 Å². The minimum Gasteiger partial charge on any atom is -0.339 e. The Morgan fingerprint density at radius 3 is 2.48 bits per heavy atom. The van der Waals surface area contributed by atoms with E-state index in [0.29, 0.717) is 18.3 Å². The number of aromatic nitrogens is 3. The summed E-state index contributed by atoms with van der Waals surface area (Å²) >= 11 is 0. The van der Waals surface area contributed by atoms with Crippen LogP contribution in [0.15, 0.2) is 24.3 Å². The first-order valence-electron chi connectivity index (χ1n) is 9.75. The van der Waals surface area contributed by atoms with E-state index in [4.69, 9.17) is 0 Å². The van der Waals surface area contributed by atoms with E-state index >= 15 is 0 Å². The molecule has 0 atom stereocenters. The third-order valence-corrected chi connectivity index (χ3v) is 5.60. The molecule has 0 saturated carbocycles. The summed E-state index contributed by atoms with van der Waals surface area (Å²) < 4.78 is 1.94. The quantitative estimate of drug-likeness (QED) is 0.880. The molecule has 0 aliphatic carbocycles. The van der Waals surface area contributed by atoms with E-state index in [1.165, 1.54) is 11.1 Å². The molecule has 1 aromatic carbocycles. The molecule has 0 bridgehead atoms. The van der Waals surface area contributed by atoms with Gasteiger partial charge in [-0.1, -0.05) is 48.9 Å². The average molecular weight is 370 g/mol. The highest BCUT2D eigenvalue weighted by molar-refractivity contribution is 5.93. The maximum Gasteiger partial charge on any atom is 0.276 e. The second-order valence-electron chi connectivity index (χ2n) is 8.36. The Morgan fingerprint density at radius 2 is 1.85 bits per heavy atom. The molecule has 1 fully saturated rings. The van der Waals surface area contributed by atoms with Crippen LogP contribution >= 0.6 is 0 Å². The second-order valence-corrected chi connectivity index (χ2v) is 8.36. The lowest BCUT2D eigenvalue weighted by molar-refractivity contribution is 0.0761. The SMILES string of the molecule is Cc1ccc(C(C)(C)CN(C)C(=O)c2nnn(C3CCNCC3)c2C)cc1. The molecule has 6 nitrogen and oxygen atoms in total. The van der Waals surface area contributed by atoms with Gasteiger partial charge in [0.2, 0.25) is 0 Å². The molecule has 2 heterocycles. The summed E-state index contributed by atoms with van der Waals surface area (Å²) in [4.78, 5) is 14.8. The number of piperidine rings is 1. The van der Waals surface area contributed by atoms with Crippen LogP contribution in [0.2, 0.25) is 0 Å². The van der Waals surface area contributed by atoms with Gasteiger partial charge in [0.05, 0.1) is 11.7 Å². The van der Waals surface area contributed by atoms with Crippen LogP contribution in [0.1, 0.15) is 60.0 Å². The van der Waals surface area contributed by atoms with Crippen molar-refractivity contribution in [2.24, 2.45) is 0 Å². The van der Waals surface area contributed by atoms with Gasteiger partial charge in [0.15, 0.2) is 5.69 Å². The molecule has 1 amide bonds. The van der Waals surface area contributed by atoms with Crippen LogP contribution in [0.3, 0.4) is 0 Å². The maximum atomic E-state index is 13.0. The molecule has 3 rings (SSSR count). The van der Waals surface area contributed by atoms with Gasteiger partial charge in [-0.05, 0) is 45.3 Å². The van der Waals surface area contributed by atoms with Crippen LogP contribution in [0, 0.1) is 13.8 Å². The maximum absolute atomic E-state index is 13.0. The van der Waals surface area contributed by atoms with Gasteiger partial charge in [0, 0.05) is 19.0 Å². The second kappa shape index (κ2) is 7.80. The zero-order chi connectivity index (χ0) is 19.6. The molecule has 1 aliphatic heterocycles. The Labute approximate surface area is 161 Å². The normalized spacial score (nSPS) is 15.7. The molecule has 27 heavy (non-hydrogen) atoms. The molecule has 2 aromatic rings. The first-order chi connectivity index (χ1) is 12.8. The zero-order valence-corrected chi connectivity index (χ0v) is 17.1. The van der Waals surface area contributed by atoms with Crippen molar-refractivity contribution in [2.45, 2.75) is 52.0 Å². The van der Waals surface area contributed by atoms with E-state index in [0.717, 1.165) is 31.6 Å². The van der Waals surface area contributed by atoms with Crippen LogP contribution in [0.25, 0.3) is 0 Å². The van der Waals surface area contributed by atoms with Crippen LogP contribution < -0.4 is 5.32 Å². The van der Waals surface area contributed by atoms with Gasteiger partial charge < -0.3 is 10.2 Å². The fourth-order valence-corrected chi connectivity index (χ4v) is 3.88. The van der Waals surface area contributed by atoms with Gasteiger partial charge in [0.25, 0.3) is 5.91 Å². The number of carbonyl (C=O) groups excluding carboxylic acids is 1. The molecule has 6 heteroatoms. The summed E-state index contributed by atoms with van der Waals surface area (Å²) in [5.41, 5.74) is 3.66. The summed E-state index contributed by atoms with van der Waals surface area (Å²) in [7, 11) is 1.85. The van der Waals surface area contributed by atoms with E-state index in [1.54, 1.807) is 4.90 Å². The van der Waals surface area contributed by atoms with E-state index < -0.39 is 0 Å². The smallest absolute Gasteiger partial charge is 0.276 e. The highest BCUT2D eigenvalue weighted by atomic mass is 16.2. The van der Waals surface area contributed by atoms with Crippen molar-refractivity contribution in [1.82, 2.24) is 25.2 Å². The minimum atomic E-state index is -0.142. The van der Waals surface area contributed by atoms with Crippen molar-refractivity contribution in [3.63, 3.8) is 0 Å². The van der Waals surface area contributed by atoms with E-state index in [2.05, 4.69) is 60.7 Å². The van der Waals surface area contributed by atoms with Gasteiger partial charge in [-0.3, -0.25) is 4.79 Å². The number of nitrogens with zero attached hydrogens (tertiary/aromatic N) is 4. The number of benzene rings is 1. The number of carbonyl (C=O) groups is 1. The summed E-state index contributed by atoms with van der Waals surface area (Å²) in [6.07, 6.45) is 2.04. The largest absolute Gasteiger partial charge is 0.339 e. The van der Waals surface area contributed by atoms with Crippen molar-refractivity contribution in [2.75, 3.05) is 26.7 Å². The molecule has 0 radical (unpaired) electrons. The highest BCUT2D eigenvalue weighted by Crippen LogP contribution is 2.26. The Hall–Kier alpha value is -2.21. The van der Waals surface area contributed by atoms with Crippen LogP contribution in [0.4, 0.5) is 0 Å². The Bertz CT molecular complexity index is 787. The minimum absolute atomic E-state index is 0.0622. The van der Waals surface area contributed by atoms with Crippen molar-refractivity contribution in [1.29, 1.82) is 0 Å². The van der Waals surface area contributed by atoms with Gasteiger partial charge in [-0.2, -0.15) is 0 Å². The first kappa shape index (κ1) is 19.5. The number of hydrogen-bond donors (Lipinski definition) is 1. The number of rotatable bonds is 5. The third-order valence-electron chi connectivity index (χ3n) is 5.60. The van der Waals surface area contributed by atoms with Crippen LogP contribution in [0.5, 0.6) is 0 Å². The Balaban J connectivity index is 1.73. The molecular weight excluding hydrogens is 338 g/mol. The van der Waals surface area contributed by atoms with E-state index in [-0.39, 0.29) is 11.3 Å². The molecule has 146 valence electrons. The third kappa shape index (κ3) is 4.21. The lowest BCUT2D eigenvalue weighted by Crippen LogP contribution is -2.38.